The van der Waals surface area contributed by atoms with E-state index in [1.165, 1.54) is 11.1 Å². The summed E-state index contributed by atoms with van der Waals surface area (Å²) in [7, 11) is 0. The van der Waals surface area contributed by atoms with Gasteiger partial charge in [0.05, 0.1) is 12.7 Å². The first-order valence-electron chi connectivity index (χ1n) is 9.45. The Bertz CT molecular complexity index is 748. The second-order valence-corrected chi connectivity index (χ2v) is 7.08. The Kier molecular flexibility index (Phi) is 6.85. The number of carbonyl (C=O) groups excluding carboxylic acids is 1. The van der Waals surface area contributed by atoms with Crippen LogP contribution in [0.25, 0.3) is 0 Å². The third kappa shape index (κ3) is 6.08. The Morgan fingerprint density at radius 2 is 2.04 bits per heavy atom. The van der Waals surface area contributed by atoms with Crippen molar-refractivity contribution in [1.29, 1.82) is 0 Å². The van der Waals surface area contributed by atoms with Crippen LogP contribution in [0, 0.1) is 13.8 Å². The normalized spacial score (nSPS) is 17.5. The zero-order valence-corrected chi connectivity index (χ0v) is 16.1. The maximum Gasteiger partial charge on any atom is 0.258 e. The molecule has 1 atom stereocenters. The third-order valence-corrected chi connectivity index (χ3v) is 4.69. The van der Waals surface area contributed by atoms with E-state index in [0.29, 0.717) is 13.2 Å². The zero-order chi connectivity index (χ0) is 19.1. The van der Waals surface area contributed by atoms with Crippen molar-refractivity contribution in [2.75, 3.05) is 32.8 Å². The van der Waals surface area contributed by atoms with Crippen molar-refractivity contribution >= 4 is 5.91 Å². The Balaban J connectivity index is 1.40. The fraction of sp³-hybridized carbons (Fsp3) is 0.409. The number of hydrogen-bond acceptors (Lipinski definition) is 4. The van der Waals surface area contributed by atoms with Crippen LogP contribution < -0.4 is 10.1 Å². The minimum atomic E-state index is -0.126. The molecule has 0 bridgehead atoms. The highest BCUT2D eigenvalue weighted by Crippen LogP contribution is 2.18. The molecule has 2 aromatic carbocycles. The number of amides is 1. The van der Waals surface area contributed by atoms with Crippen molar-refractivity contribution in [2.45, 2.75) is 26.5 Å². The van der Waals surface area contributed by atoms with E-state index in [2.05, 4.69) is 34.5 Å². The van der Waals surface area contributed by atoms with Crippen molar-refractivity contribution in [3.05, 3.63) is 65.2 Å². The van der Waals surface area contributed by atoms with Crippen LogP contribution in [0.15, 0.2) is 48.5 Å². The minimum Gasteiger partial charge on any atom is -0.484 e. The fourth-order valence-corrected chi connectivity index (χ4v) is 3.27. The molecule has 0 aromatic heterocycles. The molecular formula is C22H28N2O3. The molecule has 1 heterocycles. The summed E-state index contributed by atoms with van der Waals surface area (Å²) in [5.74, 6) is 0.623. The van der Waals surface area contributed by atoms with Crippen LogP contribution in [-0.2, 0) is 16.1 Å². The number of benzene rings is 2. The summed E-state index contributed by atoms with van der Waals surface area (Å²) in [6.07, 6.45) is 0.00697. The van der Waals surface area contributed by atoms with Crippen LogP contribution in [0.1, 0.15) is 16.7 Å². The lowest BCUT2D eigenvalue weighted by Crippen LogP contribution is -2.47. The molecule has 27 heavy (non-hydrogen) atoms. The molecule has 5 nitrogen and oxygen atoms in total. The first kappa shape index (κ1) is 19.4. The summed E-state index contributed by atoms with van der Waals surface area (Å²) in [5.41, 5.74) is 3.51. The number of morpholine rings is 1. The molecule has 2 aromatic rings. The second kappa shape index (κ2) is 9.53. The van der Waals surface area contributed by atoms with Crippen molar-refractivity contribution in [1.82, 2.24) is 10.2 Å². The maximum atomic E-state index is 12.1. The molecule has 0 saturated carbocycles. The van der Waals surface area contributed by atoms with E-state index in [0.717, 1.165) is 30.9 Å². The van der Waals surface area contributed by atoms with Crippen LogP contribution in [0.4, 0.5) is 0 Å². The Labute approximate surface area is 161 Å². The van der Waals surface area contributed by atoms with Gasteiger partial charge in [-0.1, -0.05) is 48.0 Å². The SMILES string of the molecule is Cc1ccc(OCC(=O)NCC2CN(Cc3ccccc3)CCO2)c(C)c1. The van der Waals surface area contributed by atoms with Gasteiger partial charge in [0.25, 0.3) is 5.91 Å². The highest BCUT2D eigenvalue weighted by Gasteiger charge is 2.21. The quantitative estimate of drug-likeness (QED) is 0.816. The highest BCUT2D eigenvalue weighted by molar-refractivity contribution is 5.77. The molecule has 1 saturated heterocycles. The predicted octanol–water partition coefficient (Wildman–Crippen LogP) is 2.70. The largest absolute Gasteiger partial charge is 0.484 e. The number of rotatable bonds is 7. The molecule has 1 amide bonds. The van der Waals surface area contributed by atoms with E-state index in [1.807, 2.05) is 38.1 Å². The topological polar surface area (TPSA) is 50.8 Å². The van der Waals surface area contributed by atoms with E-state index in [4.69, 9.17) is 9.47 Å². The lowest BCUT2D eigenvalue weighted by molar-refractivity contribution is -0.124. The predicted molar refractivity (Wildman–Crippen MR) is 106 cm³/mol. The minimum absolute atomic E-state index is 0.00697. The van der Waals surface area contributed by atoms with Gasteiger partial charge in [0.1, 0.15) is 5.75 Å². The van der Waals surface area contributed by atoms with Gasteiger partial charge < -0.3 is 14.8 Å². The van der Waals surface area contributed by atoms with Crippen LogP contribution in [0.2, 0.25) is 0 Å². The highest BCUT2D eigenvalue weighted by atomic mass is 16.5. The Hall–Kier alpha value is -2.37. The zero-order valence-electron chi connectivity index (χ0n) is 16.1. The van der Waals surface area contributed by atoms with E-state index in [1.54, 1.807) is 0 Å². The number of ether oxygens (including phenoxy) is 2. The van der Waals surface area contributed by atoms with Gasteiger partial charge in [0, 0.05) is 26.2 Å². The second-order valence-electron chi connectivity index (χ2n) is 7.08. The molecule has 144 valence electrons. The van der Waals surface area contributed by atoms with Crippen molar-refractivity contribution in [3.8, 4) is 5.75 Å². The van der Waals surface area contributed by atoms with Crippen molar-refractivity contribution in [3.63, 3.8) is 0 Å². The van der Waals surface area contributed by atoms with Gasteiger partial charge in [-0.15, -0.1) is 0 Å². The van der Waals surface area contributed by atoms with Gasteiger partial charge in [0.15, 0.2) is 6.61 Å². The third-order valence-electron chi connectivity index (χ3n) is 4.69. The summed E-state index contributed by atoms with van der Waals surface area (Å²) in [5, 5.41) is 2.92. The first-order chi connectivity index (χ1) is 13.1. The molecule has 1 fully saturated rings. The number of nitrogens with zero attached hydrogens (tertiary/aromatic N) is 1. The molecule has 5 heteroatoms. The number of hydrogen-bond donors (Lipinski definition) is 1. The molecule has 3 rings (SSSR count). The Morgan fingerprint density at radius 3 is 2.81 bits per heavy atom. The molecule has 0 radical (unpaired) electrons. The maximum absolute atomic E-state index is 12.1. The van der Waals surface area contributed by atoms with E-state index < -0.39 is 0 Å². The molecule has 1 aliphatic heterocycles. The summed E-state index contributed by atoms with van der Waals surface area (Å²) < 4.78 is 11.4. The molecular weight excluding hydrogens is 340 g/mol. The molecule has 0 spiro atoms. The Morgan fingerprint density at radius 1 is 1.22 bits per heavy atom. The fourth-order valence-electron chi connectivity index (χ4n) is 3.27. The standard InChI is InChI=1S/C22H28N2O3/c1-17-8-9-21(18(2)12-17)27-16-22(25)23-13-20-15-24(10-11-26-20)14-19-6-4-3-5-7-19/h3-9,12,20H,10-11,13-16H2,1-2H3,(H,23,25). The number of nitrogens with one attached hydrogen (secondary N) is 1. The lowest BCUT2D eigenvalue weighted by atomic mass is 10.1. The van der Waals surface area contributed by atoms with Crippen molar-refractivity contribution < 1.29 is 14.3 Å². The van der Waals surface area contributed by atoms with Crippen LogP contribution in [0.5, 0.6) is 5.75 Å². The number of aryl methyl sites for hydroxylation is 2. The molecule has 1 N–H and O–H groups in total. The summed E-state index contributed by atoms with van der Waals surface area (Å²) in [6.45, 7) is 7.86. The van der Waals surface area contributed by atoms with Gasteiger partial charge in [-0.05, 0) is 31.0 Å². The average Bonchev–Trinajstić information content (AvgIpc) is 2.67. The monoisotopic (exact) mass is 368 g/mol. The number of carbonyl (C=O) groups is 1. The first-order valence-corrected chi connectivity index (χ1v) is 9.45. The van der Waals surface area contributed by atoms with Crippen LogP contribution in [-0.4, -0.2) is 49.8 Å². The lowest BCUT2D eigenvalue weighted by Gasteiger charge is -2.33. The van der Waals surface area contributed by atoms with Crippen LogP contribution >= 0.6 is 0 Å². The summed E-state index contributed by atoms with van der Waals surface area (Å²) in [6, 6.07) is 16.4. The van der Waals surface area contributed by atoms with Gasteiger partial charge in [-0.2, -0.15) is 0 Å². The van der Waals surface area contributed by atoms with Crippen LogP contribution in [0.3, 0.4) is 0 Å². The van der Waals surface area contributed by atoms with Gasteiger partial charge >= 0.3 is 0 Å². The van der Waals surface area contributed by atoms with E-state index in [9.17, 15) is 4.79 Å². The van der Waals surface area contributed by atoms with Gasteiger partial charge in [-0.3, -0.25) is 9.69 Å². The van der Waals surface area contributed by atoms with Gasteiger partial charge in [0.2, 0.25) is 0 Å². The van der Waals surface area contributed by atoms with E-state index >= 15 is 0 Å². The smallest absolute Gasteiger partial charge is 0.258 e. The molecule has 1 aliphatic rings. The average molecular weight is 368 g/mol. The van der Waals surface area contributed by atoms with Gasteiger partial charge in [-0.25, -0.2) is 0 Å². The summed E-state index contributed by atoms with van der Waals surface area (Å²) >= 11 is 0. The molecule has 1 unspecified atom stereocenters. The van der Waals surface area contributed by atoms with E-state index in [-0.39, 0.29) is 18.6 Å². The van der Waals surface area contributed by atoms with Crippen molar-refractivity contribution in [2.24, 2.45) is 0 Å². The summed E-state index contributed by atoms with van der Waals surface area (Å²) in [4.78, 5) is 14.5. The molecule has 0 aliphatic carbocycles.